The Hall–Kier alpha value is -1.02. The molecule has 3 N–H and O–H groups in total. The van der Waals surface area contributed by atoms with Gasteiger partial charge in [0.15, 0.2) is 0 Å². The summed E-state index contributed by atoms with van der Waals surface area (Å²) >= 11 is 5.04. The number of nitrogens with one attached hydrogen (secondary N) is 1. The van der Waals surface area contributed by atoms with Crippen LogP contribution in [0.1, 0.15) is 25.1 Å². The van der Waals surface area contributed by atoms with E-state index in [9.17, 15) is 9.90 Å². The summed E-state index contributed by atoms with van der Waals surface area (Å²) < 4.78 is 7.25. The average Bonchev–Trinajstić information content (AvgIpc) is 2.70. The molecule has 0 spiro atoms. The van der Waals surface area contributed by atoms with E-state index in [0.29, 0.717) is 11.1 Å². The lowest BCUT2D eigenvalue weighted by Gasteiger charge is -2.15. The number of hydrogen-bond donors (Lipinski definition) is 3. The minimum atomic E-state index is -0.764. The number of hydrogen-bond acceptors (Lipinski definition) is 5. The molecule has 7 heteroatoms. The Balaban J connectivity index is 2.35. The van der Waals surface area contributed by atoms with E-state index in [1.165, 1.54) is 4.57 Å². The van der Waals surface area contributed by atoms with Crippen molar-refractivity contribution < 1.29 is 14.9 Å². The molecule has 1 fully saturated rings. The van der Waals surface area contributed by atoms with Crippen LogP contribution in [0.3, 0.4) is 0 Å². The molecule has 0 aliphatic carbocycles. The summed E-state index contributed by atoms with van der Waals surface area (Å²) in [5, 5.41) is 18.7. The highest BCUT2D eigenvalue weighted by Gasteiger charge is 2.34. The number of H-pyrrole nitrogens is 1. The second-order valence-corrected chi connectivity index (χ2v) is 4.70. The van der Waals surface area contributed by atoms with Crippen molar-refractivity contribution in [1.82, 2.24) is 9.55 Å². The molecular formula is C11H16N2O4S. The summed E-state index contributed by atoms with van der Waals surface area (Å²) in [6, 6.07) is 0. The maximum Gasteiger partial charge on any atom is 0.328 e. The van der Waals surface area contributed by atoms with Crippen LogP contribution in [0.4, 0.5) is 0 Å². The molecule has 6 nitrogen and oxygen atoms in total. The van der Waals surface area contributed by atoms with Crippen LogP contribution in [-0.2, 0) is 11.2 Å². The Morgan fingerprint density at radius 1 is 1.67 bits per heavy atom. The van der Waals surface area contributed by atoms with Gasteiger partial charge in [-0.3, -0.25) is 9.55 Å². The number of aliphatic hydroxyl groups is 2. The molecule has 2 rings (SSSR count). The molecule has 100 valence electrons. The Bertz CT molecular complexity index is 539. The molecule has 18 heavy (non-hydrogen) atoms. The summed E-state index contributed by atoms with van der Waals surface area (Å²) in [6.45, 7) is 1.67. The maximum atomic E-state index is 11.8. The predicted octanol–water partition coefficient (Wildman–Crippen LogP) is 0.109. The lowest BCUT2D eigenvalue weighted by Crippen LogP contribution is -2.28. The van der Waals surface area contributed by atoms with E-state index < -0.39 is 18.4 Å². The van der Waals surface area contributed by atoms with Crippen molar-refractivity contribution in [3.05, 3.63) is 26.9 Å². The molecule has 0 bridgehead atoms. The zero-order valence-corrected chi connectivity index (χ0v) is 10.8. The monoisotopic (exact) mass is 272 g/mol. The van der Waals surface area contributed by atoms with Crippen molar-refractivity contribution in [3.8, 4) is 0 Å². The lowest BCUT2D eigenvalue weighted by atomic mass is 10.2. The van der Waals surface area contributed by atoms with Crippen molar-refractivity contribution in [2.45, 2.75) is 38.2 Å². The SMILES string of the molecule is CCc1cn([C@H]2C[C@H](O)[C@@H](CO)O2)c(=O)[nH]c1=S. The smallest absolute Gasteiger partial charge is 0.328 e. The van der Waals surface area contributed by atoms with Gasteiger partial charge in [0.1, 0.15) is 17.0 Å². The van der Waals surface area contributed by atoms with E-state index >= 15 is 0 Å². The van der Waals surface area contributed by atoms with E-state index in [1.807, 2.05) is 6.92 Å². The van der Waals surface area contributed by atoms with Gasteiger partial charge in [-0.1, -0.05) is 19.1 Å². The first kappa shape index (κ1) is 13.4. The van der Waals surface area contributed by atoms with Crippen LogP contribution in [-0.4, -0.2) is 38.6 Å². The van der Waals surface area contributed by atoms with Crippen molar-refractivity contribution >= 4 is 12.2 Å². The van der Waals surface area contributed by atoms with Crippen LogP contribution in [0.25, 0.3) is 0 Å². The Labute approximate surface area is 109 Å². The fourth-order valence-electron chi connectivity index (χ4n) is 2.04. The normalized spacial score (nSPS) is 27.6. The quantitative estimate of drug-likeness (QED) is 0.680. The third-order valence-electron chi connectivity index (χ3n) is 3.12. The van der Waals surface area contributed by atoms with Gasteiger partial charge in [-0.25, -0.2) is 4.79 Å². The molecule has 3 atom stereocenters. The fourth-order valence-corrected chi connectivity index (χ4v) is 2.33. The van der Waals surface area contributed by atoms with Gasteiger partial charge in [0.05, 0.1) is 12.7 Å². The molecule has 1 aliphatic rings. The van der Waals surface area contributed by atoms with Crippen molar-refractivity contribution in [1.29, 1.82) is 0 Å². The highest BCUT2D eigenvalue weighted by atomic mass is 32.1. The van der Waals surface area contributed by atoms with E-state index in [4.69, 9.17) is 22.1 Å². The fraction of sp³-hybridized carbons (Fsp3) is 0.636. The zero-order chi connectivity index (χ0) is 13.3. The van der Waals surface area contributed by atoms with Crippen molar-refractivity contribution in [3.63, 3.8) is 0 Å². The van der Waals surface area contributed by atoms with Crippen LogP contribution in [0.2, 0.25) is 0 Å². The van der Waals surface area contributed by atoms with Crippen molar-refractivity contribution in [2.75, 3.05) is 6.61 Å². The van der Waals surface area contributed by atoms with Gasteiger partial charge in [-0.15, -0.1) is 0 Å². The number of rotatable bonds is 3. The molecule has 2 heterocycles. The van der Waals surface area contributed by atoms with Crippen LogP contribution < -0.4 is 5.69 Å². The standard InChI is InChI=1S/C11H16N2O4S/c1-2-6-4-13(11(16)12-10(6)18)9-3-7(15)8(5-14)17-9/h4,7-9,14-15H,2-3,5H2,1H3,(H,12,16,18)/t7-,8+,9+/m0/s1. The van der Waals surface area contributed by atoms with E-state index in [2.05, 4.69) is 4.98 Å². The summed E-state index contributed by atoms with van der Waals surface area (Å²) in [5.41, 5.74) is 0.475. The molecule has 0 amide bonds. The van der Waals surface area contributed by atoms with Gasteiger partial charge >= 0.3 is 5.69 Å². The number of aromatic amines is 1. The summed E-state index contributed by atoms with van der Waals surface area (Å²) in [5.74, 6) is 0. The minimum Gasteiger partial charge on any atom is -0.394 e. The summed E-state index contributed by atoms with van der Waals surface area (Å²) in [4.78, 5) is 14.4. The van der Waals surface area contributed by atoms with Gasteiger partial charge in [0.2, 0.25) is 0 Å². The first-order valence-corrected chi connectivity index (χ1v) is 6.26. The molecule has 0 saturated carbocycles. The molecule has 1 aromatic rings. The zero-order valence-electron chi connectivity index (χ0n) is 10.00. The van der Waals surface area contributed by atoms with Crippen LogP contribution in [0.15, 0.2) is 11.0 Å². The number of nitrogens with zero attached hydrogens (tertiary/aromatic N) is 1. The van der Waals surface area contributed by atoms with E-state index in [1.54, 1.807) is 6.20 Å². The third-order valence-corrected chi connectivity index (χ3v) is 3.48. The largest absolute Gasteiger partial charge is 0.394 e. The van der Waals surface area contributed by atoms with Gasteiger partial charge in [0.25, 0.3) is 0 Å². The molecule has 0 radical (unpaired) electrons. The van der Waals surface area contributed by atoms with Crippen LogP contribution in [0.5, 0.6) is 0 Å². The summed E-state index contributed by atoms with van der Waals surface area (Å²) in [7, 11) is 0. The lowest BCUT2D eigenvalue weighted by molar-refractivity contribution is -0.0459. The highest BCUT2D eigenvalue weighted by Crippen LogP contribution is 2.27. The number of aliphatic hydroxyl groups excluding tert-OH is 2. The van der Waals surface area contributed by atoms with Gasteiger partial charge in [-0.05, 0) is 6.42 Å². The second-order valence-electron chi connectivity index (χ2n) is 4.29. The Morgan fingerprint density at radius 2 is 2.39 bits per heavy atom. The Morgan fingerprint density at radius 3 is 2.94 bits per heavy atom. The summed E-state index contributed by atoms with van der Waals surface area (Å²) in [6.07, 6.45) is 0.656. The third kappa shape index (κ3) is 2.39. The number of aromatic nitrogens is 2. The molecular weight excluding hydrogens is 256 g/mol. The maximum absolute atomic E-state index is 11.8. The molecule has 1 aliphatic heterocycles. The van der Waals surface area contributed by atoms with Crippen LogP contribution in [0, 0.1) is 4.64 Å². The average molecular weight is 272 g/mol. The molecule has 1 saturated heterocycles. The predicted molar refractivity (Wildman–Crippen MR) is 66.9 cm³/mol. The Kier molecular flexibility index (Phi) is 3.96. The van der Waals surface area contributed by atoms with Crippen molar-refractivity contribution in [2.24, 2.45) is 0 Å². The van der Waals surface area contributed by atoms with Gasteiger partial charge < -0.3 is 14.9 Å². The molecule has 0 aromatic carbocycles. The number of aryl methyl sites for hydroxylation is 1. The van der Waals surface area contributed by atoms with E-state index in [-0.39, 0.29) is 18.7 Å². The van der Waals surface area contributed by atoms with Gasteiger partial charge in [0, 0.05) is 18.2 Å². The molecule has 1 aromatic heterocycles. The topological polar surface area (TPSA) is 87.5 Å². The van der Waals surface area contributed by atoms with Crippen LogP contribution >= 0.6 is 12.2 Å². The minimum absolute atomic E-state index is 0.268. The first-order chi connectivity index (χ1) is 8.56. The highest BCUT2D eigenvalue weighted by molar-refractivity contribution is 7.71. The van der Waals surface area contributed by atoms with Gasteiger partial charge in [-0.2, -0.15) is 0 Å². The first-order valence-electron chi connectivity index (χ1n) is 5.85. The number of ether oxygens (including phenoxy) is 1. The van der Waals surface area contributed by atoms with E-state index in [0.717, 1.165) is 5.56 Å². The molecule has 0 unspecified atom stereocenters. The second kappa shape index (κ2) is 5.31.